The summed E-state index contributed by atoms with van der Waals surface area (Å²) in [5, 5.41) is 35.8. The molecule has 0 aliphatic heterocycles. The topological polar surface area (TPSA) is 142 Å². The Morgan fingerprint density at radius 1 is 1.12 bits per heavy atom. The average Bonchev–Trinajstić information content (AvgIpc) is 2.85. The predicted octanol–water partition coefficient (Wildman–Crippen LogP) is 1.69. The summed E-state index contributed by atoms with van der Waals surface area (Å²) in [6, 6.07) is 7.08. The van der Waals surface area contributed by atoms with Gasteiger partial charge in [0.2, 0.25) is 5.95 Å². The average molecular weight is 469 g/mol. The van der Waals surface area contributed by atoms with Crippen LogP contribution in [0.1, 0.15) is 38.7 Å². The zero-order valence-corrected chi connectivity index (χ0v) is 20.0. The Hall–Kier alpha value is -3.15. The molecule has 5 N–H and O–H groups in total. The molecule has 0 spiro atoms. The monoisotopic (exact) mass is 469 g/mol. The zero-order chi connectivity index (χ0) is 24.7. The van der Waals surface area contributed by atoms with Crippen molar-refractivity contribution >= 4 is 35.4 Å². The molecule has 11 heteroatoms. The molecule has 182 valence electrons. The van der Waals surface area contributed by atoms with Gasteiger partial charge >= 0.3 is 7.12 Å². The SMILES string of the molecule is CCCCC(C)(CO)Nc1nc(NCc2ccc(OC)cc2OC)nc2cc(B(O)O)cnc12. The lowest BCUT2D eigenvalue weighted by molar-refractivity contribution is 0.212. The van der Waals surface area contributed by atoms with Gasteiger partial charge < -0.3 is 35.3 Å². The maximum absolute atomic E-state index is 10.1. The third kappa shape index (κ3) is 6.05. The third-order valence-electron chi connectivity index (χ3n) is 5.64. The molecule has 0 aliphatic carbocycles. The third-order valence-corrected chi connectivity index (χ3v) is 5.64. The summed E-state index contributed by atoms with van der Waals surface area (Å²) in [6.07, 6.45) is 4.04. The van der Waals surface area contributed by atoms with Crippen molar-refractivity contribution in [3.8, 4) is 11.5 Å². The molecule has 1 atom stereocenters. The van der Waals surface area contributed by atoms with Gasteiger partial charge in [-0.25, -0.2) is 4.98 Å². The van der Waals surface area contributed by atoms with Crippen molar-refractivity contribution in [1.82, 2.24) is 15.0 Å². The maximum Gasteiger partial charge on any atom is 0.490 e. The van der Waals surface area contributed by atoms with Crippen LogP contribution in [0.25, 0.3) is 11.0 Å². The quantitative estimate of drug-likeness (QED) is 0.249. The molecule has 0 amide bonds. The van der Waals surface area contributed by atoms with Crippen molar-refractivity contribution in [2.75, 3.05) is 31.5 Å². The number of rotatable bonds is 12. The van der Waals surface area contributed by atoms with Crippen molar-refractivity contribution in [2.45, 2.75) is 45.2 Å². The molecule has 0 aliphatic rings. The first-order valence-electron chi connectivity index (χ1n) is 11.2. The number of anilines is 2. The molecule has 34 heavy (non-hydrogen) atoms. The minimum atomic E-state index is -1.67. The van der Waals surface area contributed by atoms with E-state index in [-0.39, 0.29) is 12.1 Å². The molecule has 1 aromatic carbocycles. The van der Waals surface area contributed by atoms with Crippen molar-refractivity contribution in [1.29, 1.82) is 0 Å². The predicted molar refractivity (Wildman–Crippen MR) is 133 cm³/mol. The van der Waals surface area contributed by atoms with Gasteiger partial charge in [-0.1, -0.05) is 19.8 Å². The number of hydrogen-bond donors (Lipinski definition) is 5. The first kappa shape index (κ1) is 25.5. The number of aliphatic hydroxyl groups excluding tert-OH is 1. The van der Waals surface area contributed by atoms with Gasteiger partial charge in [0.1, 0.15) is 17.0 Å². The van der Waals surface area contributed by atoms with Gasteiger partial charge in [0.05, 0.1) is 31.9 Å². The number of aromatic nitrogens is 3. The number of aliphatic hydroxyl groups is 1. The van der Waals surface area contributed by atoms with Crippen LogP contribution in [0.3, 0.4) is 0 Å². The highest BCUT2D eigenvalue weighted by Crippen LogP contribution is 2.27. The van der Waals surface area contributed by atoms with Crippen LogP contribution in [0, 0.1) is 0 Å². The van der Waals surface area contributed by atoms with Crippen LogP contribution in [-0.2, 0) is 6.54 Å². The van der Waals surface area contributed by atoms with Gasteiger partial charge in [0.15, 0.2) is 5.82 Å². The Labute approximate surface area is 199 Å². The van der Waals surface area contributed by atoms with E-state index in [0.29, 0.717) is 40.8 Å². The summed E-state index contributed by atoms with van der Waals surface area (Å²) in [6.45, 7) is 4.31. The second kappa shape index (κ2) is 11.3. The first-order chi connectivity index (χ1) is 16.3. The molecular weight excluding hydrogens is 437 g/mol. The van der Waals surface area contributed by atoms with Crippen molar-refractivity contribution < 1.29 is 24.6 Å². The van der Waals surface area contributed by atoms with Crippen molar-refractivity contribution in [2.24, 2.45) is 0 Å². The lowest BCUT2D eigenvalue weighted by atomic mass is 9.81. The Morgan fingerprint density at radius 3 is 2.56 bits per heavy atom. The van der Waals surface area contributed by atoms with E-state index in [4.69, 9.17) is 9.47 Å². The van der Waals surface area contributed by atoms with E-state index in [1.165, 1.54) is 6.20 Å². The molecule has 3 aromatic rings. The van der Waals surface area contributed by atoms with Gasteiger partial charge in [-0.2, -0.15) is 4.98 Å². The highest BCUT2D eigenvalue weighted by molar-refractivity contribution is 6.58. The fourth-order valence-electron chi connectivity index (χ4n) is 3.55. The van der Waals surface area contributed by atoms with Gasteiger partial charge in [0.25, 0.3) is 0 Å². The fraction of sp³-hybridized carbons (Fsp3) is 0.435. The van der Waals surface area contributed by atoms with Crippen LogP contribution in [-0.4, -0.2) is 63.6 Å². The summed E-state index contributed by atoms with van der Waals surface area (Å²) >= 11 is 0. The second-order valence-corrected chi connectivity index (χ2v) is 8.38. The molecule has 0 fully saturated rings. The van der Waals surface area contributed by atoms with Crippen LogP contribution in [0.2, 0.25) is 0 Å². The molecular formula is C23H32BN5O5. The van der Waals surface area contributed by atoms with E-state index in [9.17, 15) is 15.2 Å². The number of methoxy groups -OCH3 is 2. The second-order valence-electron chi connectivity index (χ2n) is 8.38. The molecule has 2 heterocycles. The van der Waals surface area contributed by atoms with Crippen LogP contribution in [0.4, 0.5) is 11.8 Å². The minimum absolute atomic E-state index is 0.0856. The molecule has 3 rings (SSSR count). The molecule has 0 saturated carbocycles. The number of ether oxygens (including phenoxy) is 2. The molecule has 2 aromatic heterocycles. The van der Waals surface area contributed by atoms with E-state index in [1.54, 1.807) is 26.4 Å². The molecule has 0 radical (unpaired) electrons. The van der Waals surface area contributed by atoms with Gasteiger partial charge in [-0.3, -0.25) is 4.98 Å². The summed E-state index contributed by atoms with van der Waals surface area (Å²) < 4.78 is 10.7. The normalized spacial score (nSPS) is 12.8. The van der Waals surface area contributed by atoms with Gasteiger partial charge in [0, 0.05) is 29.8 Å². The van der Waals surface area contributed by atoms with E-state index < -0.39 is 12.7 Å². The Kier molecular flexibility index (Phi) is 8.48. The number of nitrogens with zero attached hydrogens (tertiary/aromatic N) is 3. The number of nitrogens with one attached hydrogen (secondary N) is 2. The molecule has 0 bridgehead atoms. The van der Waals surface area contributed by atoms with Gasteiger partial charge in [-0.05, 0) is 31.5 Å². The number of hydrogen-bond acceptors (Lipinski definition) is 10. The van der Waals surface area contributed by atoms with Gasteiger partial charge in [-0.15, -0.1) is 0 Å². The van der Waals surface area contributed by atoms with E-state index in [0.717, 1.165) is 24.8 Å². The van der Waals surface area contributed by atoms with Crippen molar-refractivity contribution in [3.05, 3.63) is 36.0 Å². The van der Waals surface area contributed by atoms with Crippen molar-refractivity contribution in [3.63, 3.8) is 0 Å². The Balaban J connectivity index is 1.97. The molecule has 0 saturated heterocycles. The van der Waals surface area contributed by atoms with Crippen LogP contribution < -0.4 is 25.6 Å². The largest absolute Gasteiger partial charge is 0.497 e. The fourth-order valence-corrected chi connectivity index (χ4v) is 3.55. The van der Waals surface area contributed by atoms with E-state index in [1.807, 2.05) is 19.1 Å². The molecule has 10 nitrogen and oxygen atoms in total. The first-order valence-corrected chi connectivity index (χ1v) is 11.2. The summed E-state index contributed by atoms with van der Waals surface area (Å²) in [4.78, 5) is 13.5. The van der Waals surface area contributed by atoms with E-state index in [2.05, 4.69) is 32.5 Å². The zero-order valence-electron chi connectivity index (χ0n) is 20.0. The molecule has 1 unspecified atom stereocenters. The summed E-state index contributed by atoms with van der Waals surface area (Å²) in [7, 11) is 1.51. The lowest BCUT2D eigenvalue weighted by Gasteiger charge is -2.29. The standard InChI is InChI=1S/C23H32BN5O5/c1-5-6-9-23(2,14-30)29-21-20-18(10-16(13-25-20)24(31)32)27-22(28-21)26-12-15-7-8-17(33-3)11-19(15)34-4/h7-8,10-11,13,30-32H,5-6,9,12,14H2,1-4H3,(H2,26,27,28,29). The highest BCUT2D eigenvalue weighted by atomic mass is 16.5. The smallest absolute Gasteiger partial charge is 0.490 e. The number of pyridine rings is 1. The maximum atomic E-state index is 10.1. The minimum Gasteiger partial charge on any atom is -0.497 e. The van der Waals surface area contributed by atoms with Crippen LogP contribution in [0.15, 0.2) is 30.5 Å². The Morgan fingerprint density at radius 2 is 1.91 bits per heavy atom. The number of unbranched alkanes of at least 4 members (excludes halogenated alkanes) is 1. The van der Waals surface area contributed by atoms with E-state index >= 15 is 0 Å². The Bertz CT molecular complexity index is 1120. The number of benzene rings is 1. The number of fused-ring (bicyclic) bond motifs is 1. The lowest BCUT2D eigenvalue weighted by Crippen LogP contribution is -2.39. The summed E-state index contributed by atoms with van der Waals surface area (Å²) in [5.41, 5.74) is 1.39. The van der Waals surface area contributed by atoms with Crippen LogP contribution >= 0.6 is 0 Å². The van der Waals surface area contributed by atoms with Crippen LogP contribution in [0.5, 0.6) is 11.5 Å². The highest BCUT2D eigenvalue weighted by Gasteiger charge is 2.25. The summed E-state index contributed by atoms with van der Waals surface area (Å²) in [5.74, 6) is 2.10.